The molecule has 0 spiro atoms. The zero-order chi connectivity index (χ0) is 20.9. The first-order chi connectivity index (χ1) is 13.9. The van der Waals surface area contributed by atoms with Crippen molar-refractivity contribution in [3.8, 4) is 5.75 Å². The van der Waals surface area contributed by atoms with Crippen molar-refractivity contribution < 1.29 is 27.4 Å². The fourth-order valence-corrected chi connectivity index (χ4v) is 4.55. The van der Waals surface area contributed by atoms with Crippen LogP contribution in [0.5, 0.6) is 5.75 Å². The van der Waals surface area contributed by atoms with E-state index in [0.29, 0.717) is 19.0 Å². The first-order valence-corrected chi connectivity index (χ1v) is 11.4. The first kappa shape index (κ1) is 22.0. The SMILES string of the molecule is O=C(OCCOc1ccc(Br)cc1)c1cc(S(=O)(=O)N2CCOCC2)ccc1Cl. The zero-order valence-corrected chi connectivity index (χ0v) is 18.5. The Labute approximate surface area is 182 Å². The fourth-order valence-electron chi connectivity index (χ4n) is 2.66. The van der Waals surface area contributed by atoms with E-state index in [1.54, 1.807) is 12.1 Å². The summed E-state index contributed by atoms with van der Waals surface area (Å²) in [7, 11) is -3.74. The predicted molar refractivity (Wildman–Crippen MR) is 111 cm³/mol. The summed E-state index contributed by atoms with van der Waals surface area (Å²) >= 11 is 9.42. The summed E-state index contributed by atoms with van der Waals surface area (Å²) in [4.78, 5) is 12.4. The molecule has 0 radical (unpaired) electrons. The molecule has 0 N–H and O–H groups in total. The molecule has 2 aromatic carbocycles. The Morgan fingerprint density at radius 2 is 1.79 bits per heavy atom. The molecule has 10 heteroatoms. The predicted octanol–water partition coefficient (Wildman–Crippen LogP) is 3.36. The molecule has 1 aliphatic rings. The van der Waals surface area contributed by atoms with Gasteiger partial charge in [-0.3, -0.25) is 0 Å². The molecule has 1 aliphatic heterocycles. The van der Waals surface area contributed by atoms with Crippen LogP contribution in [0.1, 0.15) is 10.4 Å². The highest BCUT2D eigenvalue weighted by atomic mass is 79.9. The van der Waals surface area contributed by atoms with Crippen LogP contribution in [0.2, 0.25) is 5.02 Å². The number of sulfonamides is 1. The highest BCUT2D eigenvalue weighted by molar-refractivity contribution is 9.10. The summed E-state index contributed by atoms with van der Waals surface area (Å²) in [5.41, 5.74) is -0.00959. The molecule has 156 valence electrons. The van der Waals surface area contributed by atoms with Crippen LogP contribution in [-0.4, -0.2) is 58.2 Å². The van der Waals surface area contributed by atoms with Crippen LogP contribution in [0.25, 0.3) is 0 Å². The number of morpholine rings is 1. The molecular weight excluding hydrogens is 486 g/mol. The second kappa shape index (κ2) is 9.90. The Morgan fingerprint density at radius 3 is 2.48 bits per heavy atom. The maximum Gasteiger partial charge on any atom is 0.339 e. The number of hydrogen-bond donors (Lipinski definition) is 0. The van der Waals surface area contributed by atoms with Crippen LogP contribution in [0.3, 0.4) is 0 Å². The molecule has 3 rings (SSSR count). The van der Waals surface area contributed by atoms with Gasteiger partial charge in [-0.15, -0.1) is 0 Å². The molecule has 0 atom stereocenters. The molecule has 1 fully saturated rings. The Hall–Kier alpha value is -1.65. The van der Waals surface area contributed by atoms with Gasteiger partial charge in [-0.1, -0.05) is 27.5 Å². The van der Waals surface area contributed by atoms with Gasteiger partial charge in [-0.25, -0.2) is 13.2 Å². The Kier molecular flexibility index (Phi) is 7.53. The smallest absolute Gasteiger partial charge is 0.339 e. The lowest BCUT2D eigenvalue weighted by Gasteiger charge is -2.26. The number of ether oxygens (including phenoxy) is 3. The van der Waals surface area contributed by atoms with Crippen LogP contribution >= 0.6 is 27.5 Å². The number of rotatable bonds is 7. The van der Waals surface area contributed by atoms with Gasteiger partial charge < -0.3 is 14.2 Å². The van der Waals surface area contributed by atoms with E-state index in [0.717, 1.165) is 4.47 Å². The number of benzene rings is 2. The van der Waals surface area contributed by atoms with Crippen LogP contribution in [0, 0.1) is 0 Å². The second-order valence-electron chi connectivity index (χ2n) is 6.10. The van der Waals surface area contributed by atoms with Gasteiger partial charge >= 0.3 is 5.97 Å². The summed E-state index contributed by atoms with van der Waals surface area (Å²) in [6.07, 6.45) is 0. The molecule has 0 aromatic heterocycles. The summed E-state index contributed by atoms with van der Waals surface area (Å²) in [5.74, 6) is -0.0747. The molecule has 0 amide bonds. The number of hydrogen-bond acceptors (Lipinski definition) is 6. The van der Waals surface area contributed by atoms with Crippen LogP contribution in [-0.2, 0) is 19.5 Å². The second-order valence-corrected chi connectivity index (χ2v) is 9.36. The molecular formula is C19H19BrClNO6S. The average Bonchev–Trinajstić information content (AvgIpc) is 2.73. The molecule has 0 unspecified atom stereocenters. The van der Waals surface area contributed by atoms with E-state index >= 15 is 0 Å². The van der Waals surface area contributed by atoms with E-state index < -0.39 is 16.0 Å². The molecule has 0 bridgehead atoms. The van der Waals surface area contributed by atoms with Crippen molar-refractivity contribution >= 4 is 43.5 Å². The van der Waals surface area contributed by atoms with Crippen molar-refractivity contribution in [2.75, 3.05) is 39.5 Å². The Bertz CT molecular complexity index is 961. The van der Waals surface area contributed by atoms with Gasteiger partial charge in [0.05, 0.1) is 28.7 Å². The van der Waals surface area contributed by atoms with Crippen molar-refractivity contribution in [2.24, 2.45) is 0 Å². The third kappa shape index (κ3) is 5.70. The number of carbonyl (C=O) groups is 1. The summed E-state index contributed by atoms with van der Waals surface area (Å²) in [6, 6.07) is 11.2. The molecule has 0 saturated carbocycles. The number of nitrogens with zero attached hydrogens (tertiary/aromatic N) is 1. The largest absolute Gasteiger partial charge is 0.490 e. The van der Waals surface area contributed by atoms with E-state index in [-0.39, 0.29) is 41.8 Å². The first-order valence-electron chi connectivity index (χ1n) is 8.81. The third-order valence-electron chi connectivity index (χ3n) is 4.16. The highest BCUT2D eigenvalue weighted by Crippen LogP contribution is 2.24. The molecule has 7 nitrogen and oxygen atoms in total. The van der Waals surface area contributed by atoms with Crippen LogP contribution in [0.4, 0.5) is 0 Å². The lowest BCUT2D eigenvalue weighted by atomic mass is 10.2. The topological polar surface area (TPSA) is 82.1 Å². The maximum atomic E-state index is 12.8. The third-order valence-corrected chi connectivity index (χ3v) is 6.92. The minimum absolute atomic E-state index is 0.00827. The van der Waals surface area contributed by atoms with Gasteiger partial charge in [0.25, 0.3) is 0 Å². The average molecular weight is 505 g/mol. The number of halogens is 2. The number of carbonyl (C=O) groups excluding carboxylic acids is 1. The van der Waals surface area contributed by atoms with Crippen molar-refractivity contribution in [3.63, 3.8) is 0 Å². The van der Waals surface area contributed by atoms with Crippen molar-refractivity contribution in [3.05, 3.63) is 57.5 Å². The zero-order valence-electron chi connectivity index (χ0n) is 15.3. The monoisotopic (exact) mass is 503 g/mol. The molecule has 1 saturated heterocycles. The molecule has 0 aliphatic carbocycles. The maximum absolute atomic E-state index is 12.8. The summed E-state index contributed by atoms with van der Waals surface area (Å²) in [5, 5.41) is 0.116. The quantitative estimate of drug-likeness (QED) is 0.425. The molecule has 1 heterocycles. The van der Waals surface area contributed by atoms with Crippen molar-refractivity contribution in [2.45, 2.75) is 4.90 Å². The molecule has 29 heavy (non-hydrogen) atoms. The van der Waals surface area contributed by atoms with Crippen molar-refractivity contribution in [1.82, 2.24) is 4.31 Å². The van der Waals surface area contributed by atoms with E-state index in [9.17, 15) is 13.2 Å². The summed E-state index contributed by atoms with van der Waals surface area (Å²) < 4.78 is 43.6. The van der Waals surface area contributed by atoms with Gasteiger partial charge in [0.2, 0.25) is 10.0 Å². The normalized spacial score (nSPS) is 15.1. The lowest BCUT2D eigenvalue weighted by molar-refractivity contribution is 0.0450. The lowest BCUT2D eigenvalue weighted by Crippen LogP contribution is -2.40. The van der Waals surface area contributed by atoms with Crippen LogP contribution in [0.15, 0.2) is 51.8 Å². The number of esters is 1. The van der Waals surface area contributed by atoms with Crippen LogP contribution < -0.4 is 4.74 Å². The molecule has 2 aromatic rings. The van der Waals surface area contributed by atoms with Gasteiger partial charge in [-0.2, -0.15) is 4.31 Å². The summed E-state index contributed by atoms with van der Waals surface area (Å²) in [6.45, 7) is 1.33. The van der Waals surface area contributed by atoms with Gasteiger partial charge in [-0.05, 0) is 42.5 Å². The van der Waals surface area contributed by atoms with Crippen molar-refractivity contribution in [1.29, 1.82) is 0 Å². The van der Waals surface area contributed by atoms with E-state index in [2.05, 4.69) is 15.9 Å². The van der Waals surface area contributed by atoms with E-state index in [4.69, 9.17) is 25.8 Å². The minimum atomic E-state index is -3.74. The Balaban J connectivity index is 1.62. The van der Waals surface area contributed by atoms with E-state index in [1.165, 1.54) is 22.5 Å². The van der Waals surface area contributed by atoms with Gasteiger partial charge in [0.1, 0.15) is 19.0 Å². The Morgan fingerprint density at radius 1 is 1.10 bits per heavy atom. The highest BCUT2D eigenvalue weighted by Gasteiger charge is 2.27. The van der Waals surface area contributed by atoms with E-state index in [1.807, 2.05) is 12.1 Å². The standard InChI is InChI=1S/C19H19BrClNO6S/c20-14-1-3-15(4-2-14)27-11-12-28-19(23)17-13-16(5-6-18(17)21)29(24,25)22-7-9-26-10-8-22/h1-6,13H,7-12H2. The van der Waals surface area contributed by atoms with Gasteiger partial charge in [0.15, 0.2) is 0 Å². The fraction of sp³-hybridized carbons (Fsp3) is 0.316. The minimum Gasteiger partial charge on any atom is -0.490 e. The van der Waals surface area contributed by atoms with Gasteiger partial charge in [0, 0.05) is 17.6 Å².